The van der Waals surface area contributed by atoms with Crippen LogP contribution >= 0.6 is 0 Å². The Morgan fingerprint density at radius 3 is 2.75 bits per heavy atom. The number of halogens is 1. The van der Waals surface area contributed by atoms with Crippen LogP contribution < -0.4 is 10.1 Å². The number of rotatable bonds is 9. The molecule has 0 saturated carbocycles. The lowest BCUT2D eigenvalue weighted by atomic mass is 10.0. The van der Waals surface area contributed by atoms with E-state index in [0.29, 0.717) is 25.2 Å². The van der Waals surface area contributed by atoms with Crippen LogP contribution in [-0.2, 0) is 11.2 Å². The Kier molecular flexibility index (Phi) is 7.23. The summed E-state index contributed by atoms with van der Waals surface area (Å²) < 4.78 is 19.0. The van der Waals surface area contributed by atoms with Gasteiger partial charge in [-0.05, 0) is 30.7 Å². The van der Waals surface area contributed by atoms with Gasteiger partial charge in [-0.1, -0.05) is 20.8 Å². The number of Topliss-reactive ketones (excluding diaryl/α,β-unsaturated/α-hetero) is 1. The summed E-state index contributed by atoms with van der Waals surface area (Å²) in [5.41, 5.74) is 0.803. The Hall–Kier alpha value is -1.42. The molecule has 0 amide bonds. The van der Waals surface area contributed by atoms with E-state index in [1.165, 1.54) is 12.1 Å². The van der Waals surface area contributed by atoms with Gasteiger partial charge in [0.05, 0.1) is 0 Å². The van der Waals surface area contributed by atoms with E-state index in [-0.39, 0.29) is 17.5 Å². The first-order valence-electron chi connectivity index (χ1n) is 7.18. The van der Waals surface area contributed by atoms with E-state index in [1.54, 1.807) is 0 Å². The summed E-state index contributed by atoms with van der Waals surface area (Å²) in [6.07, 6.45) is 0.996. The average molecular weight is 281 g/mol. The van der Waals surface area contributed by atoms with Crippen molar-refractivity contribution < 1.29 is 13.9 Å². The Balaban J connectivity index is 2.55. The van der Waals surface area contributed by atoms with Gasteiger partial charge in [-0.3, -0.25) is 4.79 Å². The second-order valence-electron chi connectivity index (χ2n) is 5.12. The van der Waals surface area contributed by atoms with Crippen molar-refractivity contribution in [3.8, 4) is 5.75 Å². The van der Waals surface area contributed by atoms with E-state index >= 15 is 0 Å². The van der Waals surface area contributed by atoms with Crippen LogP contribution in [0.2, 0.25) is 0 Å². The molecule has 0 aliphatic carbocycles. The molecule has 1 N–H and O–H groups in total. The van der Waals surface area contributed by atoms with Crippen molar-refractivity contribution in [1.82, 2.24) is 5.32 Å². The van der Waals surface area contributed by atoms with Gasteiger partial charge in [0, 0.05) is 24.9 Å². The molecule has 1 aromatic rings. The molecular weight excluding hydrogens is 257 g/mol. The number of carbonyl (C=O) groups is 1. The highest BCUT2D eigenvalue weighted by atomic mass is 19.1. The topological polar surface area (TPSA) is 38.3 Å². The maximum absolute atomic E-state index is 13.5. The molecule has 1 aromatic carbocycles. The fourth-order valence-electron chi connectivity index (χ4n) is 1.82. The van der Waals surface area contributed by atoms with Crippen LogP contribution in [0.4, 0.5) is 4.39 Å². The van der Waals surface area contributed by atoms with E-state index in [1.807, 2.05) is 26.8 Å². The summed E-state index contributed by atoms with van der Waals surface area (Å²) in [5.74, 6) is 0.427. The van der Waals surface area contributed by atoms with E-state index in [4.69, 9.17) is 4.74 Å². The SMILES string of the molecule is CCNCCOc1cc(F)cc(CCC(=O)C(C)C)c1. The van der Waals surface area contributed by atoms with Crippen molar-refractivity contribution in [1.29, 1.82) is 0 Å². The van der Waals surface area contributed by atoms with E-state index in [2.05, 4.69) is 5.32 Å². The largest absolute Gasteiger partial charge is 0.492 e. The van der Waals surface area contributed by atoms with Crippen molar-refractivity contribution in [2.45, 2.75) is 33.6 Å². The lowest BCUT2D eigenvalue weighted by molar-refractivity contribution is -0.121. The normalized spacial score (nSPS) is 10.8. The monoisotopic (exact) mass is 281 g/mol. The first-order valence-corrected chi connectivity index (χ1v) is 7.18. The van der Waals surface area contributed by atoms with Crippen molar-refractivity contribution in [2.75, 3.05) is 19.7 Å². The number of carbonyl (C=O) groups excluding carboxylic acids is 1. The number of likely N-dealkylation sites (N-methyl/N-ethyl adjacent to an activating group) is 1. The van der Waals surface area contributed by atoms with Crippen molar-refractivity contribution in [2.24, 2.45) is 5.92 Å². The van der Waals surface area contributed by atoms with Gasteiger partial charge < -0.3 is 10.1 Å². The number of benzene rings is 1. The van der Waals surface area contributed by atoms with Crippen LogP contribution in [0.1, 0.15) is 32.8 Å². The first kappa shape index (κ1) is 16.6. The molecule has 0 aliphatic heterocycles. The Morgan fingerprint density at radius 1 is 1.35 bits per heavy atom. The number of hydrogen-bond donors (Lipinski definition) is 1. The maximum Gasteiger partial charge on any atom is 0.135 e. The van der Waals surface area contributed by atoms with E-state index in [0.717, 1.165) is 18.7 Å². The third kappa shape index (κ3) is 6.15. The maximum atomic E-state index is 13.5. The predicted octanol–water partition coefficient (Wildman–Crippen LogP) is 2.97. The fraction of sp³-hybridized carbons (Fsp3) is 0.562. The molecule has 0 radical (unpaired) electrons. The van der Waals surface area contributed by atoms with Gasteiger partial charge in [0.1, 0.15) is 24.0 Å². The molecule has 1 rings (SSSR count). The minimum Gasteiger partial charge on any atom is -0.492 e. The third-order valence-electron chi connectivity index (χ3n) is 3.03. The lowest BCUT2D eigenvalue weighted by Crippen LogP contribution is -2.20. The predicted molar refractivity (Wildman–Crippen MR) is 78.6 cm³/mol. The van der Waals surface area contributed by atoms with Gasteiger partial charge in [0.25, 0.3) is 0 Å². The summed E-state index contributed by atoms with van der Waals surface area (Å²) in [5, 5.41) is 3.14. The van der Waals surface area contributed by atoms with Gasteiger partial charge in [-0.25, -0.2) is 4.39 Å². The number of aryl methyl sites for hydroxylation is 1. The highest BCUT2D eigenvalue weighted by Gasteiger charge is 2.09. The lowest BCUT2D eigenvalue weighted by Gasteiger charge is -2.09. The number of nitrogens with one attached hydrogen (secondary N) is 1. The number of ether oxygens (including phenoxy) is 1. The summed E-state index contributed by atoms with van der Waals surface area (Å²) in [7, 11) is 0. The molecule has 0 spiro atoms. The molecule has 0 atom stereocenters. The van der Waals surface area contributed by atoms with Gasteiger partial charge in [0.15, 0.2) is 0 Å². The van der Waals surface area contributed by atoms with E-state index < -0.39 is 0 Å². The van der Waals surface area contributed by atoms with Gasteiger partial charge in [0.2, 0.25) is 0 Å². The van der Waals surface area contributed by atoms with Crippen LogP contribution in [0.15, 0.2) is 18.2 Å². The standard InChI is InChI=1S/C16H24FNO2/c1-4-18-7-8-20-15-10-13(9-14(17)11-15)5-6-16(19)12(2)3/h9-12,18H,4-8H2,1-3H3. The molecule has 0 bridgehead atoms. The van der Waals surface area contributed by atoms with Crippen molar-refractivity contribution >= 4 is 5.78 Å². The highest BCUT2D eigenvalue weighted by Crippen LogP contribution is 2.18. The Bertz CT molecular complexity index is 432. The van der Waals surface area contributed by atoms with Crippen molar-refractivity contribution in [3.05, 3.63) is 29.6 Å². The Labute approximate surface area is 120 Å². The quantitative estimate of drug-likeness (QED) is 0.707. The minimum atomic E-state index is -0.321. The van der Waals surface area contributed by atoms with Crippen molar-refractivity contribution in [3.63, 3.8) is 0 Å². The third-order valence-corrected chi connectivity index (χ3v) is 3.03. The van der Waals surface area contributed by atoms with Gasteiger partial charge in [-0.15, -0.1) is 0 Å². The highest BCUT2D eigenvalue weighted by molar-refractivity contribution is 5.80. The molecule has 0 unspecified atom stereocenters. The summed E-state index contributed by atoms with van der Waals surface area (Å²) in [6.45, 7) is 7.89. The molecule has 0 aliphatic rings. The first-order chi connectivity index (χ1) is 9.52. The Morgan fingerprint density at radius 2 is 2.10 bits per heavy atom. The summed E-state index contributed by atoms with van der Waals surface area (Å²) >= 11 is 0. The zero-order valence-corrected chi connectivity index (χ0v) is 12.5. The van der Waals surface area contributed by atoms with Crippen LogP contribution in [0.25, 0.3) is 0 Å². The smallest absolute Gasteiger partial charge is 0.135 e. The molecule has 20 heavy (non-hydrogen) atoms. The summed E-state index contributed by atoms with van der Waals surface area (Å²) in [4.78, 5) is 11.6. The number of hydrogen-bond acceptors (Lipinski definition) is 3. The minimum absolute atomic E-state index is 0.0272. The second-order valence-corrected chi connectivity index (χ2v) is 5.12. The van der Waals surface area contributed by atoms with E-state index in [9.17, 15) is 9.18 Å². The van der Waals surface area contributed by atoms with Crippen LogP contribution in [0, 0.1) is 11.7 Å². The zero-order chi connectivity index (χ0) is 15.0. The molecule has 0 fully saturated rings. The molecule has 0 heterocycles. The zero-order valence-electron chi connectivity index (χ0n) is 12.5. The van der Waals surface area contributed by atoms with Crippen LogP contribution in [-0.4, -0.2) is 25.5 Å². The molecule has 0 aromatic heterocycles. The summed E-state index contributed by atoms with van der Waals surface area (Å²) in [6, 6.07) is 4.65. The molecule has 4 heteroatoms. The second kappa shape index (κ2) is 8.69. The molecule has 3 nitrogen and oxygen atoms in total. The van der Waals surface area contributed by atoms with Crippen LogP contribution in [0.5, 0.6) is 5.75 Å². The molecular formula is C16H24FNO2. The number of ketones is 1. The van der Waals surface area contributed by atoms with Crippen LogP contribution in [0.3, 0.4) is 0 Å². The molecule has 112 valence electrons. The fourth-order valence-corrected chi connectivity index (χ4v) is 1.82. The average Bonchev–Trinajstić information content (AvgIpc) is 2.40. The van der Waals surface area contributed by atoms with Gasteiger partial charge >= 0.3 is 0 Å². The van der Waals surface area contributed by atoms with Gasteiger partial charge in [-0.2, -0.15) is 0 Å². The molecule has 0 saturated heterocycles.